The van der Waals surface area contributed by atoms with Gasteiger partial charge in [0.25, 0.3) is 0 Å². The molecule has 2 N–H and O–H groups in total. The number of benzene rings is 1. The lowest BCUT2D eigenvalue weighted by molar-refractivity contribution is 0.708. The summed E-state index contributed by atoms with van der Waals surface area (Å²) in [5.41, 5.74) is 0.429. The fourth-order valence-electron chi connectivity index (χ4n) is 1.87. The van der Waals surface area contributed by atoms with Crippen molar-refractivity contribution < 1.29 is 0 Å². The summed E-state index contributed by atoms with van der Waals surface area (Å²) in [6.45, 7) is 0.276. The van der Waals surface area contributed by atoms with Gasteiger partial charge in [0.05, 0.1) is 13.0 Å². The maximum atomic E-state index is 11.9. The number of nitrogens with one attached hydrogen (secondary N) is 2. The molecule has 0 radical (unpaired) electrons. The van der Waals surface area contributed by atoms with Gasteiger partial charge in [-0.3, -0.25) is 4.57 Å². The summed E-state index contributed by atoms with van der Waals surface area (Å²) in [6.07, 6.45) is 0.278. The summed E-state index contributed by atoms with van der Waals surface area (Å²) in [7, 11) is 0. The molecule has 10 heteroatoms. The first-order valence-electron chi connectivity index (χ1n) is 5.94. The van der Waals surface area contributed by atoms with Gasteiger partial charge >= 0.3 is 5.69 Å². The zero-order valence-corrected chi connectivity index (χ0v) is 12.1. The molecule has 0 aliphatic rings. The standard InChI is InChI=1S/C11H9Cl2N7O/c12-7-2-1-6(8(13)3-7)5-20-10(16-17-11(20)21)4-9-14-18-19-15-9/h1-3H,4-5H2,(H,17,21)(H,14,15,18,19). The van der Waals surface area contributed by atoms with Crippen LogP contribution in [0.4, 0.5) is 0 Å². The molecule has 8 nitrogen and oxygen atoms in total. The number of aromatic nitrogens is 7. The first-order chi connectivity index (χ1) is 10.1. The predicted octanol–water partition coefficient (Wildman–Crippen LogP) is 1.03. The van der Waals surface area contributed by atoms with Crippen LogP contribution in [0.3, 0.4) is 0 Å². The van der Waals surface area contributed by atoms with Crippen molar-refractivity contribution in [3.05, 3.63) is 55.9 Å². The van der Waals surface area contributed by atoms with Crippen molar-refractivity contribution in [2.24, 2.45) is 0 Å². The Morgan fingerprint density at radius 1 is 1.24 bits per heavy atom. The van der Waals surface area contributed by atoms with Crippen molar-refractivity contribution >= 4 is 23.2 Å². The van der Waals surface area contributed by atoms with Gasteiger partial charge in [0, 0.05) is 10.0 Å². The topological polar surface area (TPSA) is 105 Å². The van der Waals surface area contributed by atoms with Gasteiger partial charge in [-0.2, -0.15) is 10.3 Å². The van der Waals surface area contributed by atoms with Crippen LogP contribution in [0.15, 0.2) is 23.0 Å². The van der Waals surface area contributed by atoms with E-state index in [4.69, 9.17) is 23.2 Å². The molecule has 3 rings (SSSR count). The van der Waals surface area contributed by atoms with Crippen LogP contribution in [0.1, 0.15) is 17.2 Å². The van der Waals surface area contributed by atoms with Gasteiger partial charge in [0.1, 0.15) is 5.82 Å². The number of tetrazole rings is 1. The molecule has 0 atom stereocenters. The Balaban J connectivity index is 1.91. The van der Waals surface area contributed by atoms with E-state index in [1.165, 1.54) is 4.57 Å². The molecule has 0 aliphatic heterocycles. The third-order valence-corrected chi connectivity index (χ3v) is 3.47. The molecule has 108 valence electrons. The number of hydrogen-bond acceptors (Lipinski definition) is 5. The molecule has 3 aromatic rings. The van der Waals surface area contributed by atoms with E-state index in [1.807, 2.05) is 0 Å². The fourth-order valence-corrected chi connectivity index (χ4v) is 2.34. The summed E-state index contributed by atoms with van der Waals surface area (Å²) in [5, 5.41) is 20.9. The molecular formula is C11H9Cl2N7O. The lowest BCUT2D eigenvalue weighted by Gasteiger charge is -2.07. The summed E-state index contributed by atoms with van der Waals surface area (Å²) < 4.78 is 1.46. The highest BCUT2D eigenvalue weighted by molar-refractivity contribution is 6.35. The number of nitrogens with zero attached hydrogens (tertiary/aromatic N) is 5. The second-order valence-electron chi connectivity index (χ2n) is 4.27. The number of rotatable bonds is 4. The number of hydrogen-bond donors (Lipinski definition) is 2. The van der Waals surface area contributed by atoms with Crippen LogP contribution in [0.5, 0.6) is 0 Å². The van der Waals surface area contributed by atoms with Crippen LogP contribution >= 0.6 is 23.2 Å². The van der Waals surface area contributed by atoms with Gasteiger partial charge in [-0.15, -0.1) is 10.2 Å². The van der Waals surface area contributed by atoms with Crippen molar-refractivity contribution in [3.8, 4) is 0 Å². The first kappa shape index (κ1) is 13.8. The Labute approximate surface area is 128 Å². The molecule has 1 aromatic carbocycles. The van der Waals surface area contributed by atoms with Crippen molar-refractivity contribution in [2.75, 3.05) is 0 Å². The largest absolute Gasteiger partial charge is 0.343 e. The molecule has 0 saturated carbocycles. The Morgan fingerprint density at radius 2 is 2.10 bits per heavy atom. The molecule has 0 amide bonds. The maximum Gasteiger partial charge on any atom is 0.343 e. The number of halogens is 2. The molecular weight excluding hydrogens is 317 g/mol. The summed E-state index contributed by atoms with van der Waals surface area (Å²) in [6, 6.07) is 5.11. The smallest absolute Gasteiger partial charge is 0.274 e. The zero-order chi connectivity index (χ0) is 14.8. The van der Waals surface area contributed by atoms with Gasteiger partial charge in [-0.05, 0) is 17.7 Å². The van der Waals surface area contributed by atoms with Crippen LogP contribution in [0.25, 0.3) is 0 Å². The third-order valence-electron chi connectivity index (χ3n) is 2.89. The van der Waals surface area contributed by atoms with Gasteiger partial charge < -0.3 is 0 Å². The third kappa shape index (κ3) is 2.96. The summed E-state index contributed by atoms with van der Waals surface area (Å²) in [5.74, 6) is 0.935. The van der Waals surface area contributed by atoms with Gasteiger partial charge in [0.15, 0.2) is 5.82 Å². The Bertz CT molecular complexity index is 808. The van der Waals surface area contributed by atoms with E-state index in [2.05, 4.69) is 30.8 Å². The minimum Gasteiger partial charge on any atom is -0.274 e. The van der Waals surface area contributed by atoms with E-state index >= 15 is 0 Å². The highest BCUT2D eigenvalue weighted by Crippen LogP contribution is 2.21. The molecule has 21 heavy (non-hydrogen) atoms. The van der Waals surface area contributed by atoms with Crippen LogP contribution in [0, 0.1) is 0 Å². The van der Waals surface area contributed by atoms with Crippen LogP contribution < -0.4 is 5.69 Å². The van der Waals surface area contributed by atoms with Crippen molar-refractivity contribution in [1.82, 2.24) is 35.4 Å². The highest BCUT2D eigenvalue weighted by Gasteiger charge is 2.13. The van der Waals surface area contributed by atoms with Crippen LogP contribution in [0.2, 0.25) is 10.0 Å². The molecule has 0 fully saturated rings. The molecule has 2 heterocycles. The van der Waals surface area contributed by atoms with E-state index < -0.39 is 0 Å². The van der Waals surface area contributed by atoms with Crippen molar-refractivity contribution in [1.29, 1.82) is 0 Å². The van der Waals surface area contributed by atoms with Crippen molar-refractivity contribution in [3.63, 3.8) is 0 Å². The second-order valence-corrected chi connectivity index (χ2v) is 5.12. The first-order valence-corrected chi connectivity index (χ1v) is 6.69. The van der Waals surface area contributed by atoms with E-state index in [-0.39, 0.29) is 18.7 Å². The number of H-pyrrole nitrogens is 2. The van der Waals surface area contributed by atoms with Crippen molar-refractivity contribution in [2.45, 2.75) is 13.0 Å². The lowest BCUT2D eigenvalue weighted by atomic mass is 10.2. The number of aromatic amines is 2. The molecule has 0 spiro atoms. The average Bonchev–Trinajstić information content (AvgIpc) is 3.06. The molecule has 0 bridgehead atoms. The minimum atomic E-state index is -0.334. The lowest BCUT2D eigenvalue weighted by Crippen LogP contribution is -2.20. The Kier molecular flexibility index (Phi) is 3.72. The molecule has 0 unspecified atom stereocenters. The monoisotopic (exact) mass is 325 g/mol. The maximum absolute atomic E-state index is 11.9. The fraction of sp³-hybridized carbons (Fsp3) is 0.182. The predicted molar refractivity (Wildman–Crippen MR) is 75.4 cm³/mol. The van der Waals surface area contributed by atoms with Gasteiger partial charge in [-0.25, -0.2) is 9.89 Å². The quantitative estimate of drug-likeness (QED) is 0.745. The summed E-state index contributed by atoms with van der Waals surface area (Å²) in [4.78, 5) is 11.9. The van der Waals surface area contributed by atoms with E-state index in [9.17, 15) is 4.79 Å². The minimum absolute atomic E-state index is 0.276. The van der Waals surface area contributed by atoms with Gasteiger partial charge in [-0.1, -0.05) is 34.5 Å². The highest BCUT2D eigenvalue weighted by atomic mass is 35.5. The van der Waals surface area contributed by atoms with E-state index in [0.29, 0.717) is 21.7 Å². The molecule has 0 aliphatic carbocycles. The normalized spacial score (nSPS) is 11.0. The van der Waals surface area contributed by atoms with Gasteiger partial charge in [0.2, 0.25) is 0 Å². The SMILES string of the molecule is O=c1[nH]nc(Cc2nn[nH]n2)n1Cc1ccc(Cl)cc1Cl. The van der Waals surface area contributed by atoms with Crippen LogP contribution in [-0.4, -0.2) is 35.4 Å². The Morgan fingerprint density at radius 3 is 2.81 bits per heavy atom. The molecule has 2 aromatic heterocycles. The van der Waals surface area contributed by atoms with E-state index in [0.717, 1.165) is 5.56 Å². The second kappa shape index (κ2) is 5.66. The average molecular weight is 326 g/mol. The van der Waals surface area contributed by atoms with Crippen LogP contribution in [-0.2, 0) is 13.0 Å². The molecule has 0 saturated heterocycles. The summed E-state index contributed by atoms with van der Waals surface area (Å²) >= 11 is 12.0. The Hall–Kier alpha value is -2.19. The zero-order valence-electron chi connectivity index (χ0n) is 10.5. The van der Waals surface area contributed by atoms with E-state index in [1.54, 1.807) is 18.2 Å².